The van der Waals surface area contributed by atoms with Gasteiger partial charge >= 0.3 is 0 Å². The number of hydrogen-bond donors (Lipinski definition) is 2. The highest BCUT2D eigenvalue weighted by Gasteiger charge is 2.41. The number of halogens is 1. The Kier molecular flexibility index (Phi) is 6.56. The molecule has 24 heavy (non-hydrogen) atoms. The number of fused-ring (bicyclic) bond motifs is 1. The predicted molar refractivity (Wildman–Crippen MR) is 106 cm³/mol. The molecule has 0 saturated heterocycles. The van der Waals surface area contributed by atoms with Gasteiger partial charge < -0.3 is 25.3 Å². The van der Waals surface area contributed by atoms with Crippen LogP contribution in [-0.2, 0) is 4.74 Å². The zero-order valence-corrected chi connectivity index (χ0v) is 16.5. The van der Waals surface area contributed by atoms with Crippen LogP contribution in [-0.4, -0.2) is 38.4 Å². The van der Waals surface area contributed by atoms with Gasteiger partial charge in [0.15, 0.2) is 17.5 Å². The van der Waals surface area contributed by atoms with E-state index in [1.54, 1.807) is 7.11 Å². The van der Waals surface area contributed by atoms with E-state index in [4.69, 9.17) is 19.9 Å². The van der Waals surface area contributed by atoms with Gasteiger partial charge in [0.1, 0.15) is 0 Å². The van der Waals surface area contributed by atoms with Gasteiger partial charge in [-0.05, 0) is 37.8 Å². The standard InChI is InChI=1S/C17H25N3O3.HI/c1-17(21-2,12-4-5-12)11-19-16(18)20-13-6-7-14-15(10-13)23-9-3-8-22-14;/h6-7,10,12H,3-5,8-9,11H2,1-2H3,(H3,18,19,20);1H. The first-order valence-electron chi connectivity index (χ1n) is 8.12. The van der Waals surface area contributed by atoms with Gasteiger partial charge in [0.2, 0.25) is 0 Å². The first-order valence-corrected chi connectivity index (χ1v) is 8.12. The number of nitrogens with one attached hydrogen (secondary N) is 1. The van der Waals surface area contributed by atoms with Gasteiger partial charge in [-0.1, -0.05) is 0 Å². The van der Waals surface area contributed by atoms with Crippen molar-refractivity contribution in [2.75, 3.05) is 32.2 Å². The number of benzene rings is 1. The highest BCUT2D eigenvalue weighted by molar-refractivity contribution is 14.0. The fraction of sp³-hybridized carbons (Fsp3) is 0.588. The smallest absolute Gasteiger partial charge is 0.193 e. The molecule has 0 spiro atoms. The molecule has 1 unspecified atom stereocenters. The fourth-order valence-corrected chi connectivity index (χ4v) is 2.72. The zero-order valence-electron chi connectivity index (χ0n) is 14.2. The predicted octanol–water partition coefficient (Wildman–Crippen LogP) is 3.01. The van der Waals surface area contributed by atoms with Crippen LogP contribution in [0.4, 0.5) is 5.69 Å². The van der Waals surface area contributed by atoms with Crippen LogP contribution in [0.25, 0.3) is 0 Å². The van der Waals surface area contributed by atoms with Crippen molar-refractivity contribution in [1.29, 1.82) is 0 Å². The van der Waals surface area contributed by atoms with Crippen LogP contribution in [0.1, 0.15) is 26.2 Å². The van der Waals surface area contributed by atoms with Gasteiger partial charge in [0.05, 0.1) is 25.4 Å². The van der Waals surface area contributed by atoms with Crippen molar-refractivity contribution in [3.8, 4) is 11.5 Å². The summed E-state index contributed by atoms with van der Waals surface area (Å²) in [6, 6.07) is 5.69. The first kappa shape index (κ1) is 19.1. The van der Waals surface area contributed by atoms with Crippen molar-refractivity contribution in [2.45, 2.75) is 31.8 Å². The van der Waals surface area contributed by atoms with Crippen LogP contribution in [0.3, 0.4) is 0 Å². The number of methoxy groups -OCH3 is 1. The SMILES string of the molecule is COC(C)(CN=C(N)Nc1ccc2c(c1)OCCCO2)C1CC1.I. The summed E-state index contributed by atoms with van der Waals surface area (Å²) in [5.74, 6) is 2.47. The number of rotatable bonds is 5. The van der Waals surface area contributed by atoms with Gasteiger partial charge in [-0.2, -0.15) is 0 Å². The van der Waals surface area contributed by atoms with Gasteiger partial charge in [-0.15, -0.1) is 24.0 Å². The minimum absolute atomic E-state index is 0. The van der Waals surface area contributed by atoms with Crippen LogP contribution in [0.2, 0.25) is 0 Å². The summed E-state index contributed by atoms with van der Waals surface area (Å²) in [5, 5.41) is 3.11. The minimum Gasteiger partial charge on any atom is -0.490 e. The molecule has 0 radical (unpaired) electrons. The number of aliphatic imine (C=N–C) groups is 1. The Morgan fingerprint density at radius 2 is 2.04 bits per heavy atom. The number of anilines is 1. The van der Waals surface area contributed by atoms with E-state index >= 15 is 0 Å². The second-order valence-corrected chi connectivity index (χ2v) is 6.33. The fourth-order valence-electron chi connectivity index (χ4n) is 2.72. The van der Waals surface area contributed by atoms with Crippen molar-refractivity contribution >= 4 is 35.6 Å². The van der Waals surface area contributed by atoms with E-state index in [0.29, 0.717) is 31.6 Å². The third-order valence-corrected chi connectivity index (χ3v) is 4.49. The average Bonchev–Trinajstić information content (AvgIpc) is 3.39. The molecule has 134 valence electrons. The molecule has 1 aliphatic carbocycles. The molecule has 1 saturated carbocycles. The molecule has 1 fully saturated rings. The van der Waals surface area contributed by atoms with Gasteiger partial charge in [-0.25, -0.2) is 0 Å². The summed E-state index contributed by atoms with van der Waals surface area (Å²) in [7, 11) is 1.74. The highest BCUT2D eigenvalue weighted by atomic mass is 127. The monoisotopic (exact) mass is 447 g/mol. The van der Waals surface area contributed by atoms with Crippen LogP contribution in [0, 0.1) is 5.92 Å². The average molecular weight is 447 g/mol. The molecule has 0 amide bonds. The largest absolute Gasteiger partial charge is 0.490 e. The van der Waals surface area contributed by atoms with Crippen LogP contribution in [0.5, 0.6) is 11.5 Å². The lowest BCUT2D eigenvalue weighted by Crippen LogP contribution is -2.35. The van der Waals surface area contributed by atoms with E-state index < -0.39 is 0 Å². The molecule has 1 aromatic carbocycles. The lowest BCUT2D eigenvalue weighted by atomic mass is 10.0. The van der Waals surface area contributed by atoms with Gasteiger partial charge in [0.25, 0.3) is 0 Å². The molecule has 3 N–H and O–H groups in total. The van der Waals surface area contributed by atoms with Crippen molar-refractivity contribution in [3.05, 3.63) is 18.2 Å². The highest BCUT2D eigenvalue weighted by Crippen LogP contribution is 2.41. The molecule has 1 atom stereocenters. The number of nitrogens with two attached hydrogens (primary N) is 1. The molecule has 1 aromatic rings. The maximum atomic E-state index is 6.01. The lowest BCUT2D eigenvalue weighted by Gasteiger charge is -2.26. The quantitative estimate of drug-likeness (QED) is 0.412. The normalized spacial score (nSPS) is 19.7. The molecule has 3 rings (SSSR count). The van der Waals surface area contributed by atoms with Crippen LogP contribution >= 0.6 is 24.0 Å². The molecule has 0 bridgehead atoms. The number of ether oxygens (including phenoxy) is 3. The topological polar surface area (TPSA) is 78.1 Å². The van der Waals surface area contributed by atoms with E-state index in [1.165, 1.54) is 12.8 Å². The molecular weight excluding hydrogens is 421 g/mol. The lowest BCUT2D eigenvalue weighted by molar-refractivity contribution is -0.00467. The summed E-state index contributed by atoms with van der Waals surface area (Å²) in [4.78, 5) is 4.44. The molecule has 0 aromatic heterocycles. The Bertz CT molecular complexity index is 592. The van der Waals surface area contributed by atoms with Crippen LogP contribution in [0.15, 0.2) is 23.2 Å². The van der Waals surface area contributed by atoms with Crippen molar-refractivity contribution in [2.24, 2.45) is 16.6 Å². The molecular formula is C17H26IN3O3. The second-order valence-electron chi connectivity index (χ2n) is 6.33. The van der Waals surface area contributed by atoms with E-state index in [9.17, 15) is 0 Å². The van der Waals surface area contributed by atoms with E-state index in [1.807, 2.05) is 18.2 Å². The van der Waals surface area contributed by atoms with E-state index in [2.05, 4.69) is 17.2 Å². The van der Waals surface area contributed by atoms with Crippen molar-refractivity contribution in [3.63, 3.8) is 0 Å². The summed E-state index contributed by atoms with van der Waals surface area (Å²) in [5.41, 5.74) is 6.62. The minimum atomic E-state index is -0.225. The van der Waals surface area contributed by atoms with E-state index in [0.717, 1.165) is 23.6 Å². The molecule has 1 aliphatic heterocycles. The first-order chi connectivity index (χ1) is 11.1. The Hall–Kier alpha value is -1.22. The summed E-state index contributed by atoms with van der Waals surface area (Å²) in [6.07, 6.45) is 3.29. The number of guanidine groups is 1. The molecule has 1 heterocycles. The Morgan fingerprint density at radius 1 is 1.33 bits per heavy atom. The summed E-state index contributed by atoms with van der Waals surface area (Å²) in [6.45, 7) is 3.99. The zero-order chi connectivity index (χ0) is 16.3. The maximum absolute atomic E-state index is 6.01. The van der Waals surface area contributed by atoms with Crippen molar-refractivity contribution < 1.29 is 14.2 Å². The van der Waals surface area contributed by atoms with Gasteiger partial charge in [-0.3, -0.25) is 4.99 Å². The molecule has 2 aliphatic rings. The maximum Gasteiger partial charge on any atom is 0.193 e. The number of hydrogen-bond acceptors (Lipinski definition) is 4. The molecule has 7 heteroatoms. The third kappa shape index (κ3) is 4.66. The Morgan fingerprint density at radius 3 is 2.71 bits per heavy atom. The summed E-state index contributed by atoms with van der Waals surface area (Å²) < 4.78 is 16.9. The van der Waals surface area contributed by atoms with E-state index in [-0.39, 0.29) is 29.6 Å². The third-order valence-electron chi connectivity index (χ3n) is 4.49. The molecule has 6 nitrogen and oxygen atoms in total. The number of nitrogens with zero attached hydrogens (tertiary/aromatic N) is 1. The summed E-state index contributed by atoms with van der Waals surface area (Å²) >= 11 is 0. The Labute approximate surface area is 160 Å². The van der Waals surface area contributed by atoms with Gasteiger partial charge in [0, 0.05) is 25.3 Å². The van der Waals surface area contributed by atoms with Crippen molar-refractivity contribution in [1.82, 2.24) is 0 Å². The second kappa shape index (κ2) is 8.24. The Balaban J connectivity index is 0.00000208. The van der Waals surface area contributed by atoms with Crippen LogP contribution < -0.4 is 20.5 Å².